The SMILES string of the molecule is Cc1cc(C)cc(OCCNC(=O)N(C)CCC(C)O)c1. The van der Waals surface area contributed by atoms with Crippen molar-refractivity contribution < 1.29 is 14.6 Å². The van der Waals surface area contributed by atoms with Gasteiger partial charge in [-0.25, -0.2) is 4.79 Å². The molecule has 0 heterocycles. The van der Waals surface area contributed by atoms with Gasteiger partial charge in [-0.15, -0.1) is 0 Å². The van der Waals surface area contributed by atoms with Crippen molar-refractivity contribution in [3.05, 3.63) is 29.3 Å². The maximum Gasteiger partial charge on any atom is 0.317 e. The van der Waals surface area contributed by atoms with Crippen molar-refractivity contribution in [2.45, 2.75) is 33.3 Å². The highest BCUT2D eigenvalue weighted by molar-refractivity contribution is 5.73. The first-order valence-electron chi connectivity index (χ1n) is 7.26. The lowest BCUT2D eigenvalue weighted by atomic mass is 10.1. The van der Waals surface area contributed by atoms with Crippen molar-refractivity contribution in [1.82, 2.24) is 10.2 Å². The first-order chi connectivity index (χ1) is 9.88. The third-order valence-electron chi connectivity index (χ3n) is 3.07. The number of carbonyl (C=O) groups excluding carboxylic acids is 1. The molecule has 0 fully saturated rings. The number of nitrogens with one attached hydrogen (secondary N) is 1. The molecule has 2 amide bonds. The largest absolute Gasteiger partial charge is 0.492 e. The van der Waals surface area contributed by atoms with Gasteiger partial charge in [0.25, 0.3) is 0 Å². The van der Waals surface area contributed by atoms with Gasteiger partial charge in [-0.2, -0.15) is 0 Å². The molecule has 0 spiro atoms. The highest BCUT2D eigenvalue weighted by Gasteiger charge is 2.08. The van der Waals surface area contributed by atoms with Gasteiger partial charge in [0.1, 0.15) is 12.4 Å². The number of urea groups is 1. The van der Waals surface area contributed by atoms with E-state index in [4.69, 9.17) is 4.74 Å². The molecule has 5 nitrogen and oxygen atoms in total. The van der Waals surface area contributed by atoms with E-state index in [0.717, 1.165) is 16.9 Å². The van der Waals surface area contributed by atoms with Crippen LogP contribution in [0.2, 0.25) is 0 Å². The van der Waals surface area contributed by atoms with Crippen molar-refractivity contribution in [3.63, 3.8) is 0 Å². The second-order valence-corrected chi connectivity index (χ2v) is 5.46. The van der Waals surface area contributed by atoms with E-state index in [-0.39, 0.29) is 6.03 Å². The molecule has 0 aliphatic rings. The number of amides is 2. The second-order valence-electron chi connectivity index (χ2n) is 5.46. The molecular formula is C16H26N2O3. The molecule has 21 heavy (non-hydrogen) atoms. The number of ether oxygens (including phenoxy) is 1. The second kappa shape index (κ2) is 8.52. The lowest BCUT2D eigenvalue weighted by molar-refractivity contribution is 0.162. The van der Waals surface area contributed by atoms with E-state index in [1.54, 1.807) is 18.9 Å². The number of nitrogens with zero attached hydrogens (tertiary/aromatic N) is 1. The molecule has 1 aromatic carbocycles. The van der Waals surface area contributed by atoms with Crippen LogP contribution in [-0.4, -0.2) is 48.9 Å². The minimum Gasteiger partial charge on any atom is -0.492 e. The molecule has 1 aromatic rings. The van der Waals surface area contributed by atoms with Gasteiger partial charge >= 0.3 is 6.03 Å². The summed E-state index contributed by atoms with van der Waals surface area (Å²) in [5.74, 6) is 0.823. The van der Waals surface area contributed by atoms with Crippen LogP contribution in [0.4, 0.5) is 4.79 Å². The van der Waals surface area contributed by atoms with E-state index in [9.17, 15) is 9.90 Å². The van der Waals surface area contributed by atoms with Crippen molar-refractivity contribution in [1.29, 1.82) is 0 Å². The molecule has 0 aliphatic carbocycles. The fourth-order valence-electron chi connectivity index (χ4n) is 1.96. The molecule has 2 N–H and O–H groups in total. The minimum absolute atomic E-state index is 0.153. The van der Waals surface area contributed by atoms with Gasteiger partial charge in [0.15, 0.2) is 0 Å². The molecule has 0 saturated carbocycles. The van der Waals surface area contributed by atoms with Gasteiger partial charge in [-0.05, 0) is 50.5 Å². The molecule has 118 valence electrons. The number of benzene rings is 1. The van der Waals surface area contributed by atoms with Crippen LogP contribution < -0.4 is 10.1 Å². The van der Waals surface area contributed by atoms with E-state index >= 15 is 0 Å². The number of hydrogen-bond donors (Lipinski definition) is 2. The summed E-state index contributed by atoms with van der Waals surface area (Å²) in [5, 5.41) is 12.0. The van der Waals surface area contributed by atoms with Crippen LogP contribution in [-0.2, 0) is 0 Å². The predicted octanol–water partition coefficient (Wildman–Crippen LogP) is 2.09. The Morgan fingerprint density at radius 2 is 1.95 bits per heavy atom. The molecule has 1 atom stereocenters. The first kappa shape index (κ1) is 17.3. The number of hydrogen-bond acceptors (Lipinski definition) is 3. The van der Waals surface area contributed by atoms with Crippen LogP contribution in [0, 0.1) is 13.8 Å². The van der Waals surface area contributed by atoms with Crippen molar-refractivity contribution in [3.8, 4) is 5.75 Å². The summed E-state index contributed by atoms with van der Waals surface area (Å²) >= 11 is 0. The van der Waals surface area contributed by atoms with Crippen molar-refractivity contribution in [2.75, 3.05) is 26.7 Å². The fourth-order valence-corrected chi connectivity index (χ4v) is 1.96. The normalized spacial score (nSPS) is 11.9. The van der Waals surface area contributed by atoms with Crippen LogP contribution in [0.5, 0.6) is 5.75 Å². The number of carbonyl (C=O) groups is 1. The summed E-state index contributed by atoms with van der Waals surface area (Å²) in [6, 6.07) is 5.89. The summed E-state index contributed by atoms with van der Waals surface area (Å²) in [6.07, 6.45) is 0.177. The molecule has 0 bridgehead atoms. The third-order valence-corrected chi connectivity index (χ3v) is 3.07. The van der Waals surface area contributed by atoms with E-state index < -0.39 is 6.10 Å². The maximum atomic E-state index is 11.8. The van der Waals surface area contributed by atoms with Gasteiger partial charge in [0.2, 0.25) is 0 Å². The Morgan fingerprint density at radius 1 is 1.33 bits per heavy atom. The summed E-state index contributed by atoms with van der Waals surface area (Å²) in [7, 11) is 1.71. The Bertz CT molecular complexity index is 441. The average molecular weight is 294 g/mol. The van der Waals surface area contributed by atoms with Crippen LogP contribution in [0.1, 0.15) is 24.5 Å². The molecule has 0 saturated heterocycles. The van der Waals surface area contributed by atoms with Gasteiger partial charge in [0, 0.05) is 13.6 Å². The molecule has 5 heteroatoms. The minimum atomic E-state index is -0.395. The van der Waals surface area contributed by atoms with E-state index in [1.165, 1.54) is 0 Å². The van der Waals surface area contributed by atoms with Crippen LogP contribution in [0.3, 0.4) is 0 Å². The van der Waals surface area contributed by atoms with Gasteiger partial charge in [-0.3, -0.25) is 0 Å². The van der Waals surface area contributed by atoms with Crippen molar-refractivity contribution in [2.24, 2.45) is 0 Å². The molecule has 0 radical (unpaired) electrons. The highest BCUT2D eigenvalue weighted by Crippen LogP contribution is 2.15. The molecule has 1 rings (SSSR count). The monoisotopic (exact) mass is 294 g/mol. The number of aliphatic hydroxyl groups excluding tert-OH is 1. The van der Waals surface area contributed by atoms with Gasteiger partial charge in [0.05, 0.1) is 12.6 Å². The lowest BCUT2D eigenvalue weighted by Crippen LogP contribution is -2.40. The standard InChI is InChI=1S/C16H26N2O3/c1-12-9-13(2)11-15(10-12)21-8-6-17-16(20)18(4)7-5-14(3)19/h9-11,14,19H,5-8H2,1-4H3,(H,17,20). The average Bonchev–Trinajstić information content (AvgIpc) is 2.39. The number of aliphatic hydroxyl groups is 1. The van der Waals surface area contributed by atoms with Crippen LogP contribution >= 0.6 is 0 Å². The summed E-state index contributed by atoms with van der Waals surface area (Å²) < 4.78 is 5.62. The predicted molar refractivity (Wildman–Crippen MR) is 83.7 cm³/mol. The Labute approximate surface area is 126 Å². The molecule has 1 unspecified atom stereocenters. The smallest absolute Gasteiger partial charge is 0.317 e. The fraction of sp³-hybridized carbons (Fsp3) is 0.562. The molecular weight excluding hydrogens is 268 g/mol. The Hall–Kier alpha value is -1.75. The quantitative estimate of drug-likeness (QED) is 0.757. The Kier molecular flexibility index (Phi) is 7.02. The van der Waals surface area contributed by atoms with E-state index in [0.29, 0.717) is 26.1 Å². The zero-order chi connectivity index (χ0) is 15.8. The topological polar surface area (TPSA) is 61.8 Å². The Balaban J connectivity index is 2.25. The lowest BCUT2D eigenvalue weighted by Gasteiger charge is -2.18. The highest BCUT2D eigenvalue weighted by atomic mass is 16.5. The Morgan fingerprint density at radius 3 is 2.52 bits per heavy atom. The third kappa shape index (κ3) is 6.99. The van der Waals surface area contributed by atoms with Crippen LogP contribution in [0.15, 0.2) is 18.2 Å². The van der Waals surface area contributed by atoms with Gasteiger partial charge < -0.3 is 20.1 Å². The van der Waals surface area contributed by atoms with Crippen molar-refractivity contribution >= 4 is 6.03 Å². The molecule has 0 aromatic heterocycles. The summed E-state index contributed by atoms with van der Waals surface area (Å²) in [6.45, 7) is 7.17. The number of rotatable bonds is 7. The summed E-state index contributed by atoms with van der Waals surface area (Å²) in [4.78, 5) is 13.3. The van der Waals surface area contributed by atoms with Gasteiger partial charge in [-0.1, -0.05) is 6.07 Å². The zero-order valence-electron chi connectivity index (χ0n) is 13.3. The molecule has 0 aliphatic heterocycles. The summed E-state index contributed by atoms with van der Waals surface area (Å²) in [5.41, 5.74) is 2.32. The number of aryl methyl sites for hydroxylation is 2. The maximum absolute atomic E-state index is 11.8. The van der Waals surface area contributed by atoms with Crippen LogP contribution in [0.25, 0.3) is 0 Å². The van der Waals surface area contributed by atoms with E-state index in [2.05, 4.69) is 11.4 Å². The zero-order valence-corrected chi connectivity index (χ0v) is 13.3. The van der Waals surface area contributed by atoms with E-state index in [1.807, 2.05) is 26.0 Å². The first-order valence-corrected chi connectivity index (χ1v) is 7.26.